The summed E-state index contributed by atoms with van der Waals surface area (Å²) >= 11 is 0. The minimum atomic E-state index is -2.08. The standard InChI is InChI=1S/C56H90O33/c1-19-11-55-9-5-26-53(2,7-4-8-54(26,3)52(77)88-50-44(86-48-40(75)36(71)30(65)22(14-59)80-48)42(32(67)24(16-61)82-50)84-46-38(73)34(69)28(63)20(12-57)78-46)27(55)6-10-56(19,18-55)89-51-45(87-49-41(76)37(72)31(66)23(15-60)81-49)43(33(68)25(17-62)83-51)85-47-39(74)35(70)29(64)21(13-58)79-47/h11,20-51,57-76H,4-10,12-18H2,1-3H3/t20?,21?,22?,23?,24?,25?,26?,27-,28?,29?,30?,31?,32?,33?,34?,35?,36?,37?,38?,39?,40?,41?,42?,43?,44?,45?,46?,47?,48?,49?,50?,51?,53+,54+,55+,56-/m0/s1. The van der Waals surface area contributed by atoms with Gasteiger partial charge >= 0.3 is 5.97 Å². The zero-order chi connectivity index (χ0) is 64.7. The number of esters is 1. The van der Waals surface area contributed by atoms with Crippen molar-refractivity contribution in [3.8, 4) is 0 Å². The summed E-state index contributed by atoms with van der Waals surface area (Å²) in [6.07, 6.45) is -50.0. The Kier molecular flexibility index (Phi) is 21.4. The first kappa shape index (κ1) is 69.8. The summed E-state index contributed by atoms with van der Waals surface area (Å²) in [6, 6.07) is 0. The summed E-state index contributed by atoms with van der Waals surface area (Å²) in [4.78, 5) is 15.4. The van der Waals surface area contributed by atoms with E-state index in [0.29, 0.717) is 38.5 Å². The van der Waals surface area contributed by atoms with E-state index in [4.69, 9.17) is 56.8 Å². The monoisotopic (exact) mass is 1290 g/mol. The summed E-state index contributed by atoms with van der Waals surface area (Å²) in [5, 5.41) is 215. The molecule has 89 heavy (non-hydrogen) atoms. The zero-order valence-electron chi connectivity index (χ0n) is 49.2. The summed E-state index contributed by atoms with van der Waals surface area (Å²) in [6.45, 7) is 0.383. The van der Waals surface area contributed by atoms with Crippen molar-refractivity contribution in [2.24, 2.45) is 28.1 Å². The van der Waals surface area contributed by atoms with Gasteiger partial charge in [-0.15, -0.1) is 0 Å². The maximum Gasteiger partial charge on any atom is 0.314 e. The Morgan fingerprint density at radius 2 is 0.775 bits per heavy atom. The van der Waals surface area contributed by atoms with Gasteiger partial charge in [-0.3, -0.25) is 4.79 Å². The van der Waals surface area contributed by atoms with Crippen LogP contribution in [-0.4, -0.2) is 338 Å². The van der Waals surface area contributed by atoms with Crippen LogP contribution in [0.3, 0.4) is 0 Å². The molecule has 36 atom stereocenters. The predicted octanol–water partition coefficient (Wildman–Crippen LogP) is -9.47. The number of carbonyl (C=O) groups is 1. The minimum Gasteiger partial charge on any atom is -0.432 e. The van der Waals surface area contributed by atoms with Gasteiger partial charge in [-0.1, -0.05) is 19.4 Å². The number of ether oxygens (including phenoxy) is 12. The third-order valence-electron chi connectivity index (χ3n) is 21.2. The van der Waals surface area contributed by atoms with Crippen LogP contribution in [-0.2, 0) is 61.6 Å². The molecule has 0 aromatic rings. The summed E-state index contributed by atoms with van der Waals surface area (Å²) in [5.41, 5.74) is -3.12. The summed E-state index contributed by atoms with van der Waals surface area (Å²) < 4.78 is 73.0. The largest absolute Gasteiger partial charge is 0.432 e. The van der Waals surface area contributed by atoms with Crippen molar-refractivity contribution in [1.29, 1.82) is 0 Å². The number of aliphatic hydroxyl groups is 20. The fourth-order valence-electron chi connectivity index (χ4n) is 16.3. The molecule has 6 saturated heterocycles. The molecule has 0 radical (unpaired) electrons. The molecule has 9 fully saturated rings. The van der Waals surface area contributed by atoms with Crippen LogP contribution in [0, 0.1) is 28.1 Å². The molecule has 10 aliphatic rings. The van der Waals surface area contributed by atoms with E-state index in [-0.39, 0.29) is 18.8 Å². The van der Waals surface area contributed by atoms with Crippen molar-refractivity contribution < 1.29 is 164 Å². The second-order valence-corrected chi connectivity index (χ2v) is 26.3. The van der Waals surface area contributed by atoms with Gasteiger partial charge < -0.3 is 159 Å². The number of hydrogen-bond acceptors (Lipinski definition) is 33. The molecule has 33 nitrogen and oxygen atoms in total. The van der Waals surface area contributed by atoms with Gasteiger partial charge in [0.2, 0.25) is 6.29 Å². The lowest BCUT2D eigenvalue weighted by Gasteiger charge is -2.64. The molecule has 3 saturated carbocycles. The molecule has 6 aliphatic heterocycles. The highest BCUT2D eigenvalue weighted by Gasteiger charge is 2.69. The Hall–Kier alpha value is -2.03. The lowest BCUT2D eigenvalue weighted by atomic mass is 9.40. The number of allylic oxidation sites excluding steroid dienone is 1. The van der Waals surface area contributed by atoms with Crippen molar-refractivity contribution in [3.05, 3.63) is 11.6 Å². The molecule has 20 N–H and O–H groups in total. The van der Waals surface area contributed by atoms with Crippen LogP contribution < -0.4 is 0 Å². The molecule has 6 heterocycles. The minimum absolute atomic E-state index is 0.170. The van der Waals surface area contributed by atoms with E-state index in [2.05, 4.69) is 13.0 Å². The van der Waals surface area contributed by atoms with E-state index in [1.807, 2.05) is 6.92 Å². The number of rotatable bonds is 18. The van der Waals surface area contributed by atoms with Crippen molar-refractivity contribution in [3.63, 3.8) is 0 Å². The second kappa shape index (κ2) is 27.2. The topological polar surface area (TPSA) is 532 Å². The highest BCUT2D eigenvalue weighted by atomic mass is 16.8. The fraction of sp³-hybridized carbons (Fsp3) is 0.946. The van der Waals surface area contributed by atoms with E-state index < -0.39 is 258 Å². The van der Waals surface area contributed by atoms with E-state index >= 15 is 4.79 Å². The molecule has 1 spiro atoms. The molecule has 31 unspecified atom stereocenters. The van der Waals surface area contributed by atoms with E-state index in [1.165, 1.54) is 0 Å². The van der Waals surface area contributed by atoms with Crippen LogP contribution >= 0.6 is 0 Å². The highest BCUT2D eigenvalue weighted by molar-refractivity contribution is 5.77. The summed E-state index contributed by atoms with van der Waals surface area (Å²) in [7, 11) is 0. The first-order valence-electron chi connectivity index (χ1n) is 30.4. The lowest BCUT2D eigenvalue weighted by Crippen LogP contribution is -2.68. The van der Waals surface area contributed by atoms with Crippen LogP contribution in [0.1, 0.15) is 72.1 Å². The van der Waals surface area contributed by atoms with Gasteiger partial charge in [0.1, 0.15) is 140 Å². The lowest BCUT2D eigenvalue weighted by molar-refractivity contribution is -0.400. The van der Waals surface area contributed by atoms with Gasteiger partial charge in [-0.25, -0.2) is 0 Å². The fourth-order valence-corrected chi connectivity index (χ4v) is 16.3. The van der Waals surface area contributed by atoms with Gasteiger partial charge in [0.05, 0.1) is 50.7 Å². The molecule has 33 heteroatoms. The van der Waals surface area contributed by atoms with Gasteiger partial charge in [0.25, 0.3) is 0 Å². The molecule has 4 aliphatic carbocycles. The van der Waals surface area contributed by atoms with Crippen molar-refractivity contribution in [2.45, 2.75) is 262 Å². The quantitative estimate of drug-likeness (QED) is 0.0344. The SMILES string of the molecule is CC1=C[C@@]23CCC4[C@](C)(C(=O)OC5OC(CO)C(O)C(OC6OC(CO)C(O)C(O)C6O)C5OC5OC(CO)C(O)C(O)C5O)CCC[C@@]4(C)[C@@H]2CC[C@]1(OC1OC(CO)C(O)C(OC2OC(CO)C(O)C(O)C2O)C1OC1OC(CO)C(O)C(O)C1O)C3. The Morgan fingerprint density at radius 1 is 0.427 bits per heavy atom. The maximum atomic E-state index is 15.4. The first-order chi connectivity index (χ1) is 42.1. The number of carbonyl (C=O) groups excluding carboxylic acids is 1. The van der Waals surface area contributed by atoms with E-state index in [1.54, 1.807) is 6.92 Å². The van der Waals surface area contributed by atoms with Gasteiger partial charge in [0, 0.05) is 0 Å². The molecule has 0 aromatic heterocycles. The Labute approximate surface area is 509 Å². The predicted molar refractivity (Wildman–Crippen MR) is 284 cm³/mol. The van der Waals surface area contributed by atoms with Crippen LogP contribution in [0.15, 0.2) is 11.6 Å². The van der Waals surface area contributed by atoms with Crippen LogP contribution in [0.5, 0.6) is 0 Å². The van der Waals surface area contributed by atoms with Crippen molar-refractivity contribution in [2.75, 3.05) is 39.6 Å². The van der Waals surface area contributed by atoms with Gasteiger partial charge in [-0.2, -0.15) is 0 Å². The average molecular weight is 1290 g/mol. The Balaban J connectivity index is 0.922. The normalized spacial score (nSPS) is 54.4. The first-order valence-corrected chi connectivity index (χ1v) is 30.4. The van der Waals surface area contributed by atoms with E-state index in [9.17, 15) is 102 Å². The molecule has 0 amide bonds. The van der Waals surface area contributed by atoms with Crippen LogP contribution in [0.2, 0.25) is 0 Å². The average Bonchev–Trinajstić information content (AvgIpc) is 1.62. The number of hydrogen-bond donors (Lipinski definition) is 20. The molecule has 10 rings (SSSR count). The molecular weight excluding hydrogens is 1200 g/mol. The van der Waals surface area contributed by atoms with Crippen molar-refractivity contribution in [1.82, 2.24) is 0 Å². The molecule has 2 bridgehead atoms. The molecule has 0 aromatic carbocycles. The molecular formula is C56H90O33. The highest BCUT2D eigenvalue weighted by Crippen LogP contribution is 2.72. The van der Waals surface area contributed by atoms with Gasteiger partial charge in [-0.05, 0) is 87.0 Å². The Morgan fingerprint density at radius 3 is 1.18 bits per heavy atom. The van der Waals surface area contributed by atoms with E-state index in [0.717, 1.165) is 5.57 Å². The third-order valence-corrected chi connectivity index (χ3v) is 21.2. The molecule has 512 valence electrons. The van der Waals surface area contributed by atoms with Crippen LogP contribution in [0.25, 0.3) is 0 Å². The zero-order valence-corrected chi connectivity index (χ0v) is 49.2. The Bertz CT molecular complexity index is 2410. The number of aliphatic hydroxyl groups excluding tert-OH is 20. The maximum absolute atomic E-state index is 15.4. The second-order valence-electron chi connectivity index (χ2n) is 26.3. The number of fused-ring (bicyclic) bond motifs is 3. The third kappa shape index (κ3) is 12.3. The summed E-state index contributed by atoms with van der Waals surface area (Å²) in [5.74, 6) is -1.45. The smallest absolute Gasteiger partial charge is 0.314 e. The van der Waals surface area contributed by atoms with Crippen molar-refractivity contribution >= 4 is 5.97 Å². The van der Waals surface area contributed by atoms with Crippen LogP contribution in [0.4, 0.5) is 0 Å². The van der Waals surface area contributed by atoms with Gasteiger partial charge in [0.15, 0.2) is 37.6 Å².